The first-order valence-corrected chi connectivity index (χ1v) is 6.52. The van der Waals surface area contributed by atoms with E-state index in [1.807, 2.05) is 54.7 Å². The molecular formula is C17H15ClN2O. The Kier molecular flexibility index (Phi) is 4.90. The SMILES string of the molecule is O/N=C(/C[n+]1cccc2ccccc21)c1ccccc1.[Cl-]. The van der Waals surface area contributed by atoms with E-state index >= 15 is 0 Å². The van der Waals surface area contributed by atoms with E-state index in [-0.39, 0.29) is 12.4 Å². The molecule has 1 N–H and O–H groups in total. The smallest absolute Gasteiger partial charge is 0.212 e. The number of hydrogen-bond donors (Lipinski definition) is 1. The zero-order valence-corrected chi connectivity index (χ0v) is 12.1. The molecule has 0 bridgehead atoms. The van der Waals surface area contributed by atoms with Crippen LogP contribution in [-0.2, 0) is 6.54 Å². The van der Waals surface area contributed by atoms with Gasteiger partial charge in [0.15, 0.2) is 18.5 Å². The summed E-state index contributed by atoms with van der Waals surface area (Å²) >= 11 is 0. The van der Waals surface area contributed by atoms with Crippen molar-refractivity contribution in [2.24, 2.45) is 5.16 Å². The first-order chi connectivity index (χ1) is 9.88. The van der Waals surface area contributed by atoms with Crippen molar-refractivity contribution in [3.63, 3.8) is 0 Å². The maximum atomic E-state index is 9.29. The van der Waals surface area contributed by atoms with Gasteiger partial charge in [-0.3, -0.25) is 0 Å². The van der Waals surface area contributed by atoms with E-state index in [0.29, 0.717) is 12.3 Å². The second kappa shape index (κ2) is 6.86. The van der Waals surface area contributed by atoms with Gasteiger partial charge in [-0.25, -0.2) is 0 Å². The molecule has 0 atom stereocenters. The number of hydrogen-bond acceptors (Lipinski definition) is 2. The highest BCUT2D eigenvalue weighted by Crippen LogP contribution is 2.09. The van der Waals surface area contributed by atoms with Gasteiger partial charge in [-0.15, -0.1) is 0 Å². The second-order valence-corrected chi connectivity index (χ2v) is 4.61. The molecule has 0 aliphatic heterocycles. The molecule has 3 nitrogen and oxygen atoms in total. The number of pyridine rings is 1. The third-order valence-electron chi connectivity index (χ3n) is 3.34. The predicted octanol–water partition coefficient (Wildman–Crippen LogP) is 0.00980. The summed E-state index contributed by atoms with van der Waals surface area (Å²) in [6, 6.07) is 22.0. The quantitative estimate of drug-likeness (QED) is 0.314. The number of fused-ring (bicyclic) bond motifs is 1. The average molecular weight is 299 g/mol. The number of halogens is 1. The molecule has 1 aromatic heterocycles. The summed E-state index contributed by atoms with van der Waals surface area (Å²) in [5, 5.41) is 13.9. The van der Waals surface area contributed by atoms with Gasteiger partial charge in [0, 0.05) is 23.1 Å². The Hall–Kier alpha value is -2.39. The van der Waals surface area contributed by atoms with Crippen LogP contribution in [0.5, 0.6) is 0 Å². The molecule has 2 aromatic carbocycles. The molecule has 106 valence electrons. The van der Waals surface area contributed by atoms with E-state index in [1.54, 1.807) is 0 Å². The summed E-state index contributed by atoms with van der Waals surface area (Å²) in [7, 11) is 0. The van der Waals surface area contributed by atoms with Crippen LogP contribution in [0.3, 0.4) is 0 Å². The number of benzene rings is 2. The third kappa shape index (κ3) is 3.20. The summed E-state index contributed by atoms with van der Waals surface area (Å²) in [5.74, 6) is 0. The molecule has 0 saturated carbocycles. The molecule has 0 saturated heterocycles. The predicted molar refractivity (Wildman–Crippen MR) is 78.9 cm³/mol. The van der Waals surface area contributed by atoms with Crippen LogP contribution in [0.15, 0.2) is 78.1 Å². The summed E-state index contributed by atoms with van der Waals surface area (Å²) in [6.07, 6.45) is 2.00. The zero-order valence-electron chi connectivity index (χ0n) is 11.4. The molecule has 0 spiro atoms. The molecule has 3 rings (SSSR count). The van der Waals surface area contributed by atoms with Crippen molar-refractivity contribution in [1.29, 1.82) is 0 Å². The van der Waals surface area contributed by atoms with Crippen LogP contribution >= 0.6 is 0 Å². The van der Waals surface area contributed by atoms with Crippen molar-refractivity contribution < 1.29 is 22.2 Å². The van der Waals surface area contributed by atoms with Crippen molar-refractivity contribution in [2.45, 2.75) is 6.54 Å². The Morgan fingerprint density at radius 2 is 1.57 bits per heavy atom. The summed E-state index contributed by atoms with van der Waals surface area (Å²) in [6.45, 7) is 0.530. The minimum absolute atomic E-state index is 0. The molecule has 0 aliphatic carbocycles. The van der Waals surface area contributed by atoms with Gasteiger partial charge >= 0.3 is 0 Å². The molecule has 0 unspecified atom stereocenters. The van der Waals surface area contributed by atoms with E-state index in [0.717, 1.165) is 11.1 Å². The van der Waals surface area contributed by atoms with Gasteiger partial charge < -0.3 is 17.6 Å². The van der Waals surface area contributed by atoms with Crippen LogP contribution in [0, 0.1) is 0 Å². The zero-order chi connectivity index (χ0) is 13.8. The average Bonchev–Trinajstić information content (AvgIpc) is 2.53. The Labute approximate surface area is 129 Å². The minimum Gasteiger partial charge on any atom is -1.00 e. The summed E-state index contributed by atoms with van der Waals surface area (Å²) in [5.41, 5.74) is 2.69. The lowest BCUT2D eigenvalue weighted by molar-refractivity contribution is -0.655. The minimum atomic E-state index is 0. The largest absolute Gasteiger partial charge is 1.00 e. The van der Waals surface area contributed by atoms with Crippen molar-refractivity contribution in [3.05, 3.63) is 78.5 Å². The summed E-state index contributed by atoms with van der Waals surface area (Å²) < 4.78 is 2.08. The second-order valence-electron chi connectivity index (χ2n) is 4.61. The van der Waals surface area contributed by atoms with Gasteiger partial charge in [0.1, 0.15) is 0 Å². The van der Waals surface area contributed by atoms with Gasteiger partial charge in [0.25, 0.3) is 0 Å². The topological polar surface area (TPSA) is 36.5 Å². The fourth-order valence-electron chi connectivity index (χ4n) is 2.33. The fourth-order valence-corrected chi connectivity index (χ4v) is 2.33. The van der Waals surface area contributed by atoms with Crippen LogP contribution in [0.1, 0.15) is 5.56 Å². The van der Waals surface area contributed by atoms with E-state index in [4.69, 9.17) is 0 Å². The van der Waals surface area contributed by atoms with Gasteiger partial charge in [0.2, 0.25) is 5.52 Å². The molecular weight excluding hydrogens is 284 g/mol. The Bertz CT molecular complexity index is 752. The van der Waals surface area contributed by atoms with Crippen LogP contribution < -0.4 is 17.0 Å². The van der Waals surface area contributed by atoms with E-state index in [1.165, 1.54) is 5.39 Å². The number of rotatable bonds is 3. The van der Waals surface area contributed by atoms with Crippen molar-refractivity contribution >= 4 is 16.6 Å². The highest BCUT2D eigenvalue weighted by atomic mass is 35.5. The van der Waals surface area contributed by atoms with Crippen LogP contribution in [-0.4, -0.2) is 10.9 Å². The lowest BCUT2D eigenvalue weighted by Gasteiger charge is -2.03. The standard InChI is InChI=1S/C17H14N2O.ClH/c20-18-16(14-7-2-1-3-8-14)13-19-12-6-10-15-9-4-5-11-17(15)19;/h1-12H,13H2;1H/b18-16-;. The van der Waals surface area contributed by atoms with E-state index in [2.05, 4.69) is 27.9 Å². The fraction of sp³-hybridized carbons (Fsp3) is 0.0588. The van der Waals surface area contributed by atoms with Gasteiger partial charge in [-0.05, 0) is 12.1 Å². The number of oxime groups is 1. The normalized spacial score (nSPS) is 11.1. The van der Waals surface area contributed by atoms with E-state index < -0.39 is 0 Å². The van der Waals surface area contributed by atoms with Crippen LogP contribution in [0.2, 0.25) is 0 Å². The van der Waals surface area contributed by atoms with Crippen molar-refractivity contribution in [3.8, 4) is 0 Å². The molecule has 0 amide bonds. The molecule has 21 heavy (non-hydrogen) atoms. The lowest BCUT2D eigenvalue weighted by Crippen LogP contribution is -3.00. The number of para-hydroxylation sites is 1. The van der Waals surface area contributed by atoms with Crippen LogP contribution in [0.4, 0.5) is 0 Å². The molecule has 0 radical (unpaired) electrons. The number of aromatic nitrogens is 1. The Morgan fingerprint density at radius 3 is 2.33 bits per heavy atom. The first kappa shape index (κ1) is 15.0. The molecule has 0 aliphatic rings. The molecule has 3 aromatic rings. The number of nitrogens with zero attached hydrogens (tertiary/aromatic N) is 2. The molecule has 0 fully saturated rings. The van der Waals surface area contributed by atoms with Crippen LogP contribution in [0.25, 0.3) is 10.9 Å². The van der Waals surface area contributed by atoms with Gasteiger partial charge in [-0.1, -0.05) is 47.6 Å². The molecule has 4 heteroatoms. The maximum Gasteiger partial charge on any atom is 0.212 e. The van der Waals surface area contributed by atoms with E-state index in [9.17, 15) is 5.21 Å². The Balaban J connectivity index is 0.00000161. The highest BCUT2D eigenvalue weighted by Gasteiger charge is 2.13. The lowest BCUT2D eigenvalue weighted by atomic mass is 10.1. The summed E-state index contributed by atoms with van der Waals surface area (Å²) in [4.78, 5) is 0. The van der Waals surface area contributed by atoms with Gasteiger partial charge in [0.05, 0.1) is 0 Å². The maximum absolute atomic E-state index is 9.29. The molecule has 1 heterocycles. The first-order valence-electron chi connectivity index (χ1n) is 6.52. The monoisotopic (exact) mass is 298 g/mol. The third-order valence-corrected chi connectivity index (χ3v) is 3.34. The Morgan fingerprint density at radius 1 is 0.905 bits per heavy atom. The highest BCUT2D eigenvalue weighted by molar-refractivity contribution is 5.99. The van der Waals surface area contributed by atoms with Gasteiger partial charge in [-0.2, -0.15) is 4.57 Å². The van der Waals surface area contributed by atoms with Crippen molar-refractivity contribution in [2.75, 3.05) is 0 Å². The van der Waals surface area contributed by atoms with Crippen molar-refractivity contribution in [1.82, 2.24) is 0 Å².